The summed E-state index contributed by atoms with van der Waals surface area (Å²) in [5.74, 6) is -1.14. The van der Waals surface area contributed by atoms with E-state index in [4.69, 9.17) is 9.47 Å². The number of hydrogen-bond acceptors (Lipinski definition) is 7. The Bertz CT molecular complexity index is 1070. The third kappa shape index (κ3) is 4.16. The van der Waals surface area contributed by atoms with Gasteiger partial charge in [-0.1, -0.05) is 0 Å². The summed E-state index contributed by atoms with van der Waals surface area (Å²) in [5.41, 5.74) is 0.881. The zero-order valence-corrected chi connectivity index (χ0v) is 16.7. The molecule has 10 nitrogen and oxygen atoms in total. The van der Waals surface area contributed by atoms with Crippen LogP contribution in [0.2, 0.25) is 0 Å². The van der Waals surface area contributed by atoms with Gasteiger partial charge in [-0.15, -0.1) is 0 Å². The van der Waals surface area contributed by atoms with E-state index in [0.29, 0.717) is 48.7 Å². The molecule has 1 aromatic heterocycles. The highest BCUT2D eigenvalue weighted by Crippen LogP contribution is 2.31. The molecule has 1 N–H and O–H groups in total. The number of nitrogens with one attached hydrogen (secondary N) is 1. The fraction of sp³-hybridized carbons (Fsp3) is 0.474. The lowest BCUT2D eigenvalue weighted by molar-refractivity contribution is -0.145. The Kier molecular flexibility index (Phi) is 6.02. The number of anilines is 2. The summed E-state index contributed by atoms with van der Waals surface area (Å²) >= 11 is 0. The Hall–Kier alpha value is -3.14. The van der Waals surface area contributed by atoms with Gasteiger partial charge in [-0.05, 0) is 19.1 Å². The topological polar surface area (TPSA) is 112 Å². The lowest BCUT2D eigenvalue weighted by Gasteiger charge is -2.31. The number of aryl methyl sites for hydroxylation is 2. The van der Waals surface area contributed by atoms with Gasteiger partial charge in [0.25, 0.3) is 0 Å². The predicted molar refractivity (Wildman–Crippen MR) is 107 cm³/mol. The Morgan fingerprint density at radius 1 is 1.07 bits per heavy atom. The summed E-state index contributed by atoms with van der Waals surface area (Å²) in [7, 11) is 3.04. The van der Waals surface area contributed by atoms with Crippen LogP contribution in [0.15, 0.2) is 21.7 Å². The number of rotatable bonds is 5. The molecule has 3 rings (SSSR count). The molecule has 1 aromatic carbocycles. The monoisotopic (exact) mass is 404 g/mol. The lowest BCUT2D eigenvalue weighted by atomic mass is 10.1. The SMILES string of the molecule is CCOC(=O)CC(=O)Nc1cc2c(cc1N1CCOCC1)n(C)c(=O)c(=O)n2C. The van der Waals surface area contributed by atoms with Crippen LogP contribution < -0.4 is 21.3 Å². The molecule has 0 saturated carbocycles. The first-order valence-electron chi connectivity index (χ1n) is 9.35. The van der Waals surface area contributed by atoms with Gasteiger partial charge < -0.3 is 28.8 Å². The van der Waals surface area contributed by atoms with Crippen molar-refractivity contribution < 1.29 is 19.1 Å². The molecule has 1 saturated heterocycles. The Labute approximate surface area is 166 Å². The summed E-state index contributed by atoms with van der Waals surface area (Å²) in [4.78, 5) is 50.4. The second kappa shape index (κ2) is 8.48. The summed E-state index contributed by atoms with van der Waals surface area (Å²) in [6, 6.07) is 3.41. The number of esters is 1. The largest absolute Gasteiger partial charge is 0.466 e. The first-order valence-corrected chi connectivity index (χ1v) is 9.35. The maximum atomic E-state index is 12.4. The van der Waals surface area contributed by atoms with Gasteiger partial charge in [0.1, 0.15) is 6.42 Å². The number of ether oxygens (including phenoxy) is 2. The van der Waals surface area contributed by atoms with Crippen molar-refractivity contribution >= 4 is 34.3 Å². The van der Waals surface area contributed by atoms with E-state index in [-0.39, 0.29) is 6.61 Å². The van der Waals surface area contributed by atoms with E-state index in [1.807, 2.05) is 4.90 Å². The van der Waals surface area contributed by atoms with Gasteiger partial charge in [0.05, 0.1) is 42.2 Å². The van der Waals surface area contributed by atoms with Crippen LogP contribution in [0.4, 0.5) is 11.4 Å². The molecule has 2 aromatic rings. The lowest BCUT2D eigenvalue weighted by Crippen LogP contribution is -2.40. The van der Waals surface area contributed by atoms with Crippen LogP contribution in [-0.2, 0) is 33.2 Å². The van der Waals surface area contributed by atoms with Crippen molar-refractivity contribution in [1.82, 2.24) is 9.13 Å². The number of hydrogen-bond donors (Lipinski definition) is 1. The van der Waals surface area contributed by atoms with E-state index >= 15 is 0 Å². The second-order valence-electron chi connectivity index (χ2n) is 6.72. The molecule has 0 radical (unpaired) electrons. The van der Waals surface area contributed by atoms with Crippen molar-refractivity contribution in [2.24, 2.45) is 14.1 Å². The zero-order valence-electron chi connectivity index (χ0n) is 16.7. The molecule has 0 bridgehead atoms. The Balaban J connectivity index is 2.10. The summed E-state index contributed by atoms with van der Waals surface area (Å²) in [6.07, 6.45) is -0.416. The minimum absolute atomic E-state index is 0.192. The fourth-order valence-corrected chi connectivity index (χ4v) is 3.31. The highest BCUT2D eigenvalue weighted by molar-refractivity contribution is 6.05. The highest BCUT2D eigenvalue weighted by Gasteiger charge is 2.21. The molecular weight excluding hydrogens is 380 g/mol. The molecule has 1 aliphatic heterocycles. The average Bonchev–Trinajstić information content (AvgIpc) is 2.71. The first-order chi connectivity index (χ1) is 13.8. The summed E-state index contributed by atoms with van der Waals surface area (Å²) in [6.45, 7) is 4.12. The van der Waals surface area contributed by atoms with Crippen LogP contribution in [0.25, 0.3) is 11.0 Å². The van der Waals surface area contributed by atoms with Gasteiger partial charge in [-0.25, -0.2) is 0 Å². The average molecular weight is 404 g/mol. The molecule has 1 aliphatic rings. The van der Waals surface area contributed by atoms with Gasteiger partial charge in [-0.2, -0.15) is 0 Å². The molecule has 1 fully saturated rings. The molecule has 29 heavy (non-hydrogen) atoms. The van der Waals surface area contributed by atoms with Crippen molar-refractivity contribution in [2.45, 2.75) is 13.3 Å². The fourth-order valence-electron chi connectivity index (χ4n) is 3.31. The van der Waals surface area contributed by atoms with Gasteiger partial charge >= 0.3 is 17.1 Å². The van der Waals surface area contributed by atoms with E-state index in [9.17, 15) is 19.2 Å². The molecule has 156 valence electrons. The van der Waals surface area contributed by atoms with E-state index in [2.05, 4.69) is 5.32 Å². The molecule has 0 aliphatic carbocycles. The Morgan fingerprint density at radius 3 is 2.24 bits per heavy atom. The molecule has 10 heteroatoms. The maximum absolute atomic E-state index is 12.4. The van der Waals surface area contributed by atoms with E-state index < -0.39 is 29.4 Å². The minimum Gasteiger partial charge on any atom is -0.466 e. The zero-order chi connectivity index (χ0) is 21.1. The second-order valence-corrected chi connectivity index (χ2v) is 6.72. The van der Waals surface area contributed by atoms with Crippen molar-refractivity contribution in [1.29, 1.82) is 0 Å². The molecule has 0 atom stereocenters. The van der Waals surface area contributed by atoms with E-state index in [0.717, 1.165) is 0 Å². The summed E-state index contributed by atoms with van der Waals surface area (Å²) in [5, 5.41) is 2.75. The van der Waals surface area contributed by atoms with E-state index in [1.165, 1.54) is 23.2 Å². The highest BCUT2D eigenvalue weighted by atomic mass is 16.5. The minimum atomic E-state index is -0.664. The van der Waals surface area contributed by atoms with Crippen LogP contribution in [0.1, 0.15) is 13.3 Å². The maximum Gasteiger partial charge on any atom is 0.316 e. The van der Waals surface area contributed by atoms with Gasteiger partial charge in [0.15, 0.2) is 0 Å². The number of nitrogens with zero attached hydrogens (tertiary/aromatic N) is 3. The van der Waals surface area contributed by atoms with E-state index in [1.54, 1.807) is 19.1 Å². The molecule has 0 spiro atoms. The van der Waals surface area contributed by atoms with Gasteiger partial charge in [-0.3, -0.25) is 19.2 Å². The third-order valence-electron chi connectivity index (χ3n) is 4.84. The number of carbonyl (C=O) groups excluding carboxylic acids is 2. The van der Waals surface area contributed by atoms with Crippen LogP contribution in [0, 0.1) is 0 Å². The van der Waals surface area contributed by atoms with Crippen molar-refractivity contribution in [3.8, 4) is 0 Å². The number of carbonyl (C=O) groups is 2. The molecule has 2 heterocycles. The predicted octanol–water partition coefficient (Wildman–Crippen LogP) is -0.0345. The first kappa shape index (κ1) is 20.6. The van der Waals surface area contributed by atoms with Crippen molar-refractivity contribution in [2.75, 3.05) is 43.1 Å². The number of aromatic nitrogens is 2. The quantitative estimate of drug-likeness (QED) is 0.423. The van der Waals surface area contributed by atoms with Gasteiger partial charge in [0, 0.05) is 27.2 Å². The van der Waals surface area contributed by atoms with Crippen LogP contribution in [0.5, 0.6) is 0 Å². The molecular formula is C19H24N4O6. The molecule has 1 amide bonds. The number of fused-ring (bicyclic) bond motifs is 1. The number of amides is 1. The standard InChI is InChI=1S/C19H24N4O6/c1-4-29-17(25)11-16(24)20-12-9-14-15(22(3)19(27)18(26)21(14)2)10-13(12)23-5-7-28-8-6-23/h9-10H,4-8,11H2,1-3H3,(H,20,24). The van der Waals surface area contributed by atoms with Gasteiger partial charge in [0.2, 0.25) is 5.91 Å². The van der Waals surface area contributed by atoms with Crippen LogP contribution in [0.3, 0.4) is 0 Å². The number of benzene rings is 1. The summed E-state index contributed by atoms with van der Waals surface area (Å²) < 4.78 is 12.8. The van der Waals surface area contributed by atoms with Crippen molar-refractivity contribution in [3.05, 3.63) is 32.8 Å². The van der Waals surface area contributed by atoms with Crippen LogP contribution in [-0.4, -0.2) is 53.9 Å². The Morgan fingerprint density at radius 2 is 1.66 bits per heavy atom. The normalized spacial score (nSPS) is 14.1. The third-order valence-corrected chi connectivity index (χ3v) is 4.84. The smallest absolute Gasteiger partial charge is 0.316 e. The number of morpholine rings is 1. The van der Waals surface area contributed by atoms with Crippen LogP contribution >= 0.6 is 0 Å². The molecule has 0 unspecified atom stereocenters. The van der Waals surface area contributed by atoms with Crippen molar-refractivity contribution in [3.63, 3.8) is 0 Å².